The van der Waals surface area contributed by atoms with Gasteiger partial charge in [-0.1, -0.05) is 24.3 Å². The number of hydrogen-bond acceptors (Lipinski definition) is 2. The van der Waals surface area contributed by atoms with Crippen LogP contribution in [0.15, 0.2) is 48.8 Å². The molecule has 0 fully saturated rings. The second-order valence-electron chi connectivity index (χ2n) is 3.22. The van der Waals surface area contributed by atoms with Crippen LogP contribution in [0, 0.1) is 0 Å². The van der Waals surface area contributed by atoms with Crippen molar-refractivity contribution in [2.45, 2.75) is 0 Å². The first kappa shape index (κ1) is 14.1. The number of rotatable bonds is 0. The van der Waals surface area contributed by atoms with Gasteiger partial charge in [-0.15, -0.1) is 0 Å². The van der Waals surface area contributed by atoms with Crippen molar-refractivity contribution in [1.82, 2.24) is 9.97 Å². The molecule has 0 amide bonds. The molecule has 0 saturated carbocycles. The molecule has 2 nitrogen and oxygen atoms in total. The molecule has 3 rings (SSSR count). The molecule has 0 saturated heterocycles. The van der Waals surface area contributed by atoms with E-state index in [1.165, 1.54) is 5.39 Å². The van der Waals surface area contributed by atoms with Crippen LogP contribution in [-0.4, -0.2) is 9.97 Å². The molecular weight excluding hydrogens is 218 g/mol. The van der Waals surface area contributed by atoms with Crippen LogP contribution in [0.3, 0.4) is 0 Å². The van der Waals surface area contributed by atoms with Gasteiger partial charge >= 0.3 is 59.1 Å². The van der Waals surface area contributed by atoms with E-state index in [0.29, 0.717) is 0 Å². The van der Waals surface area contributed by atoms with Gasteiger partial charge in [0.15, 0.2) is 5.65 Å². The molecule has 2 heterocycles. The van der Waals surface area contributed by atoms with Crippen molar-refractivity contribution in [3.05, 3.63) is 48.8 Å². The maximum absolute atomic E-state index is 4.30. The van der Waals surface area contributed by atoms with Gasteiger partial charge < -0.3 is 2.85 Å². The largest absolute Gasteiger partial charge is 1.00 e. The zero-order chi connectivity index (χ0) is 9.38. The van der Waals surface area contributed by atoms with Crippen LogP contribution in [-0.2, 0) is 0 Å². The standard InChI is InChI=1S/C12H8N2.2Na.2H/c1-2-5-10-9(4-1)8-14-12-11(10)6-3-7-13-12;;;;/h1-8H;;;;/q;2*+1;2*-1. The Labute approximate surface area is 141 Å². The number of benzene rings is 1. The summed E-state index contributed by atoms with van der Waals surface area (Å²) in [5, 5.41) is 3.49. The van der Waals surface area contributed by atoms with Gasteiger partial charge in [-0.2, -0.15) is 0 Å². The van der Waals surface area contributed by atoms with Crippen LogP contribution in [0.25, 0.3) is 21.8 Å². The third-order valence-corrected chi connectivity index (χ3v) is 2.36. The number of pyridine rings is 2. The van der Waals surface area contributed by atoms with E-state index >= 15 is 0 Å². The molecule has 0 unspecified atom stereocenters. The Morgan fingerprint density at radius 2 is 1.56 bits per heavy atom. The third-order valence-electron chi connectivity index (χ3n) is 2.36. The van der Waals surface area contributed by atoms with Gasteiger partial charge in [0.1, 0.15) is 0 Å². The first-order valence-electron chi connectivity index (χ1n) is 4.53. The Morgan fingerprint density at radius 1 is 0.812 bits per heavy atom. The molecular formula is C12H10N2Na2. The van der Waals surface area contributed by atoms with Crippen molar-refractivity contribution in [3.63, 3.8) is 0 Å². The van der Waals surface area contributed by atoms with E-state index in [1.54, 1.807) is 6.20 Å². The van der Waals surface area contributed by atoms with Crippen LogP contribution in [0.4, 0.5) is 0 Å². The van der Waals surface area contributed by atoms with Gasteiger partial charge in [-0.25, -0.2) is 9.97 Å². The summed E-state index contributed by atoms with van der Waals surface area (Å²) in [5.41, 5.74) is 0.811. The van der Waals surface area contributed by atoms with Gasteiger partial charge in [0.05, 0.1) is 0 Å². The summed E-state index contributed by atoms with van der Waals surface area (Å²) < 4.78 is 0. The number of hydrogen-bond donors (Lipinski definition) is 0. The molecule has 0 bridgehead atoms. The average molecular weight is 228 g/mol. The zero-order valence-corrected chi connectivity index (χ0v) is 13.5. The maximum atomic E-state index is 4.30. The second-order valence-corrected chi connectivity index (χ2v) is 3.22. The second kappa shape index (κ2) is 6.10. The van der Waals surface area contributed by atoms with E-state index in [9.17, 15) is 0 Å². The predicted octanol–water partition coefficient (Wildman–Crippen LogP) is -2.98. The van der Waals surface area contributed by atoms with Crippen molar-refractivity contribution in [2.24, 2.45) is 0 Å². The van der Waals surface area contributed by atoms with Crippen molar-refractivity contribution >= 4 is 21.8 Å². The number of fused-ring (bicyclic) bond motifs is 3. The van der Waals surface area contributed by atoms with E-state index in [1.807, 2.05) is 24.4 Å². The normalized spacial score (nSPS) is 9.50. The maximum Gasteiger partial charge on any atom is 1.00 e. The van der Waals surface area contributed by atoms with Gasteiger partial charge in [0.25, 0.3) is 0 Å². The molecule has 0 aliphatic rings. The smallest absolute Gasteiger partial charge is 1.00 e. The molecule has 0 aliphatic carbocycles. The van der Waals surface area contributed by atoms with E-state index in [2.05, 4.69) is 28.2 Å². The summed E-state index contributed by atoms with van der Waals surface area (Å²) >= 11 is 0. The summed E-state index contributed by atoms with van der Waals surface area (Å²) in [4.78, 5) is 8.52. The van der Waals surface area contributed by atoms with Gasteiger partial charge in [0, 0.05) is 23.2 Å². The minimum Gasteiger partial charge on any atom is -1.00 e. The summed E-state index contributed by atoms with van der Waals surface area (Å²) in [6.45, 7) is 0. The first-order valence-corrected chi connectivity index (χ1v) is 4.53. The van der Waals surface area contributed by atoms with Crippen LogP contribution in [0.1, 0.15) is 2.85 Å². The van der Waals surface area contributed by atoms with E-state index in [-0.39, 0.29) is 62.0 Å². The molecule has 16 heavy (non-hydrogen) atoms. The molecule has 4 heteroatoms. The molecule has 0 radical (unpaired) electrons. The summed E-state index contributed by atoms with van der Waals surface area (Å²) in [6.07, 6.45) is 3.63. The number of nitrogens with zero attached hydrogens (tertiary/aromatic N) is 2. The Kier molecular flexibility index (Phi) is 5.38. The van der Waals surface area contributed by atoms with Crippen molar-refractivity contribution in [3.8, 4) is 0 Å². The molecule has 1 aromatic carbocycles. The molecule has 0 atom stereocenters. The fourth-order valence-corrected chi connectivity index (χ4v) is 1.70. The van der Waals surface area contributed by atoms with Crippen LogP contribution in [0.5, 0.6) is 0 Å². The molecule has 0 N–H and O–H groups in total. The first-order chi connectivity index (χ1) is 6.95. The molecule has 0 spiro atoms. The minimum absolute atomic E-state index is 0. The Balaban J connectivity index is 0. The summed E-state index contributed by atoms with van der Waals surface area (Å²) in [6, 6.07) is 12.2. The fraction of sp³-hybridized carbons (Fsp3) is 0. The minimum atomic E-state index is 0. The Bertz CT molecular complexity index is 565. The number of aromatic nitrogens is 2. The van der Waals surface area contributed by atoms with E-state index in [0.717, 1.165) is 16.4 Å². The molecule has 2 aromatic heterocycles. The van der Waals surface area contributed by atoms with Gasteiger partial charge in [-0.3, -0.25) is 0 Å². The van der Waals surface area contributed by atoms with E-state index in [4.69, 9.17) is 0 Å². The summed E-state index contributed by atoms with van der Waals surface area (Å²) in [7, 11) is 0. The Hall–Kier alpha value is 0.0400. The third kappa shape index (κ3) is 2.48. The average Bonchev–Trinajstić information content (AvgIpc) is 2.29. The van der Waals surface area contributed by atoms with Crippen molar-refractivity contribution in [1.29, 1.82) is 0 Å². The van der Waals surface area contributed by atoms with Crippen LogP contribution >= 0.6 is 0 Å². The Morgan fingerprint density at radius 3 is 2.44 bits per heavy atom. The SMILES string of the molecule is [H-].[H-].[Na+].[Na+].c1ccc2c(c1)cnc1ncccc12. The summed E-state index contributed by atoms with van der Waals surface area (Å²) in [5.74, 6) is 0. The predicted molar refractivity (Wildman–Crippen MR) is 59.3 cm³/mol. The van der Waals surface area contributed by atoms with Gasteiger partial charge in [-0.05, 0) is 17.5 Å². The van der Waals surface area contributed by atoms with Crippen molar-refractivity contribution < 1.29 is 62.0 Å². The van der Waals surface area contributed by atoms with Crippen LogP contribution < -0.4 is 59.1 Å². The molecule has 0 aliphatic heterocycles. The monoisotopic (exact) mass is 228 g/mol. The molecule has 3 aromatic rings. The molecule has 70 valence electrons. The van der Waals surface area contributed by atoms with Crippen molar-refractivity contribution in [2.75, 3.05) is 0 Å². The van der Waals surface area contributed by atoms with Gasteiger partial charge in [0.2, 0.25) is 0 Å². The van der Waals surface area contributed by atoms with E-state index < -0.39 is 0 Å². The van der Waals surface area contributed by atoms with Crippen LogP contribution in [0.2, 0.25) is 0 Å². The zero-order valence-electron chi connectivity index (χ0n) is 11.5. The fourth-order valence-electron chi connectivity index (χ4n) is 1.70. The topological polar surface area (TPSA) is 25.8 Å². The quantitative estimate of drug-likeness (QED) is 0.303.